The predicted octanol–water partition coefficient (Wildman–Crippen LogP) is 0.574. The molecule has 2 rings (SSSR count). The smallest absolute Gasteiger partial charge is 0.125 e. The lowest BCUT2D eigenvalue weighted by Crippen LogP contribution is -2.38. The average molecular weight is 234 g/mol. The number of anilines is 1. The molecule has 92 valence electrons. The Bertz CT molecular complexity index is 407. The van der Waals surface area contributed by atoms with Crippen molar-refractivity contribution in [2.75, 3.05) is 24.6 Å². The number of nitrogens with one attached hydrogen (secondary N) is 1. The zero-order valence-corrected chi connectivity index (χ0v) is 9.76. The number of aromatic nitrogens is 1. The van der Waals surface area contributed by atoms with Crippen LogP contribution in [0.3, 0.4) is 0 Å². The highest BCUT2D eigenvalue weighted by Gasteiger charge is 2.21. The molecule has 0 radical (unpaired) electrons. The van der Waals surface area contributed by atoms with E-state index in [-0.39, 0.29) is 12.4 Å². The Morgan fingerprint density at radius 2 is 2.47 bits per heavy atom. The first-order chi connectivity index (χ1) is 8.22. The van der Waals surface area contributed by atoms with Crippen LogP contribution < -0.4 is 10.6 Å². The minimum Gasteiger partial charge on any atom is -0.396 e. The second-order valence-corrected chi connectivity index (χ2v) is 4.44. The molecule has 1 atom stereocenters. The van der Waals surface area contributed by atoms with Crippen molar-refractivity contribution in [2.45, 2.75) is 12.8 Å². The van der Waals surface area contributed by atoms with Crippen LogP contribution in [0.4, 0.5) is 5.69 Å². The number of nitrogen functional groups attached to an aromatic ring is 1. The minimum absolute atomic E-state index is 0.0634. The van der Waals surface area contributed by atoms with Gasteiger partial charge in [-0.1, -0.05) is 0 Å². The molecule has 5 nitrogen and oxygen atoms in total. The first kappa shape index (κ1) is 11.9. The first-order valence-electron chi connectivity index (χ1n) is 5.86. The van der Waals surface area contributed by atoms with Gasteiger partial charge >= 0.3 is 0 Å². The van der Waals surface area contributed by atoms with E-state index < -0.39 is 0 Å². The highest BCUT2D eigenvalue weighted by Crippen LogP contribution is 2.25. The number of aliphatic hydroxyl groups excluding tert-OH is 1. The van der Waals surface area contributed by atoms with Crippen molar-refractivity contribution in [3.05, 3.63) is 24.0 Å². The molecule has 1 aliphatic heterocycles. The van der Waals surface area contributed by atoms with Crippen molar-refractivity contribution in [3.63, 3.8) is 0 Å². The van der Waals surface area contributed by atoms with Gasteiger partial charge in [0.25, 0.3) is 0 Å². The number of pyridine rings is 1. The third-order valence-electron chi connectivity index (χ3n) is 3.21. The van der Waals surface area contributed by atoms with Crippen LogP contribution >= 0.6 is 0 Å². The number of hydrogen-bond donors (Lipinski definition) is 3. The molecule has 0 aliphatic carbocycles. The summed E-state index contributed by atoms with van der Waals surface area (Å²) in [5.74, 6) is 0.372. The van der Waals surface area contributed by atoms with Crippen LogP contribution in [0, 0.1) is 11.3 Å². The maximum atomic E-state index is 9.22. The van der Waals surface area contributed by atoms with Crippen molar-refractivity contribution < 1.29 is 5.11 Å². The lowest BCUT2D eigenvalue weighted by molar-refractivity contribution is 0.208. The van der Waals surface area contributed by atoms with Gasteiger partial charge in [0.1, 0.15) is 5.84 Å². The van der Waals surface area contributed by atoms with Gasteiger partial charge < -0.3 is 15.7 Å². The van der Waals surface area contributed by atoms with E-state index in [1.807, 2.05) is 0 Å². The van der Waals surface area contributed by atoms with Gasteiger partial charge in [0.15, 0.2) is 0 Å². The van der Waals surface area contributed by atoms with Crippen molar-refractivity contribution in [1.29, 1.82) is 5.41 Å². The molecule has 0 bridgehead atoms. The van der Waals surface area contributed by atoms with Gasteiger partial charge in [0.05, 0.1) is 11.9 Å². The van der Waals surface area contributed by atoms with Gasteiger partial charge in [-0.15, -0.1) is 0 Å². The monoisotopic (exact) mass is 234 g/mol. The number of piperidine rings is 1. The number of amidine groups is 1. The van der Waals surface area contributed by atoms with Gasteiger partial charge in [-0.05, 0) is 24.8 Å². The third-order valence-corrected chi connectivity index (χ3v) is 3.21. The van der Waals surface area contributed by atoms with Gasteiger partial charge in [0.2, 0.25) is 0 Å². The molecular formula is C12H18N4O. The van der Waals surface area contributed by atoms with Gasteiger partial charge in [-0.3, -0.25) is 10.4 Å². The van der Waals surface area contributed by atoms with Crippen molar-refractivity contribution in [1.82, 2.24) is 4.98 Å². The van der Waals surface area contributed by atoms with Crippen LogP contribution in [-0.2, 0) is 0 Å². The normalized spacial score (nSPS) is 20.3. The van der Waals surface area contributed by atoms with Gasteiger partial charge in [-0.2, -0.15) is 0 Å². The summed E-state index contributed by atoms with van der Waals surface area (Å²) in [6.07, 6.45) is 5.50. The Morgan fingerprint density at radius 1 is 1.65 bits per heavy atom. The molecule has 17 heavy (non-hydrogen) atoms. The van der Waals surface area contributed by atoms with Crippen LogP contribution in [0.2, 0.25) is 0 Å². The third kappa shape index (κ3) is 2.55. The molecule has 4 N–H and O–H groups in total. The maximum Gasteiger partial charge on any atom is 0.125 e. The second-order valence-electron chi connectivity index (χ2n) is 4.44. The van der Waals surface area contributed by atoms with E-state index in [0.717, 1.165) is 37.2 Å². The molecule has 1 aliphatic rings. The molecule has 1 saturated heterocycles. The number of rotatable bonds is 3. The summed E-state index contributed by atoms with van der Waals surface area (Å²) in [5, 5.41) is 16.8. The second kappa shape index (κ2) is 5.14. The molecule has 1 aromatic heterocycles. The van der Waals surface area contributed by atoms with E-state index in [4.69, 9.17) is 11.1 Å². The quantitative estimate of drug-likeness (QED) is 0.527. The maximum absolute atomic E-state index is 9.22. The summed E-state index contributed by atoms with van der Waals surface area (Å²) < 4.78 is 0. The molecule has 0 spiro atoms. The predicted molar refractivity (Wildman–Crippen MR) is 67.3 cm³/mol. The van der Waals surface area contributed by atoms with Crippen LogP contribution in [0.5, 0.6) is 0 Å². The van der Waals surface area contributed by atoms with Crippen LogP contribution in [0.1, 0.15) is 18.4 Å². The summed E-state index contributed by atoms with van der Waals surface area (Å²) in [7, 11) is 0. The van der Waals surface area contributed by atoms with E-state index in [2.05, 4.69) is 9.88 Å². The topological polar surface area (TPSA) is 86.2 Å². The molecule has 2 heterocycles. The van der Waals surface area contributed by atoms with Crippen LogP contribution in [0.15, 0.2) is 18.5 Å². The molecule has 1 unspecified atom stereocenters. The largest absolute Gasteiger partial charge is 0.396 e. The molecule has 0 saturated carbocycles. The fourth-order valence-corrected chi connectivity index (χ4v) is 2.30. The Hall–Kier alpha value is -1.62. The first-order valence-corrected chi connectivity index (χ1v) is 5.86. The number of aliphatic hydroxyl groups is 1. The summed E-state index contributed by atoms with van der Waals surface area (Å²) in [5.41, 5.74) is 7.19. The lowest BCUT2D eigenvalue weighted by Gasteiger charge is -2.34. The van der Waals surface area contributed by atoms with E-state index >= 15 is 0 Å². The highest BCUT2D eigenvalue weighted by molar-refractivity contribution is 6.00. The molecule has 0 amide bonds. The molecule has 1 fully saturated rings. The summed E-state index contributed by atoms with van der Waals surface area (Å²) in [4.78, 5) is 6.26. The summed E-state index contributed by atoms with van der Waals surface area (Å²) >= 11 is 0. The Balaban J connectivity index is 2.24. The van der Waals surface area contributed by atoms with Crippen LogP contribution in [-0.4, -0.2) is 35.6 Å². The summed E-state index contributed by atoms with van der Waals surface area (Å²) in [6.45, 7) is 1.96. The lowest BCUT2D eigenvalue weighted by atomic mass is 9.98. The highest BCUT2D eigenvalue weighted by atomic mass is 16.3. The van der Waals surface area contributed by atoms with Crippen molar-refractivity contribution in [2.24, 2.45) is 11.7 Å². The minimum atomic E-state index is 0.0634. The molecule has 5 heteroatoms. The number of hydrogen-bond acceptors (Lipinski definition) is 4. The van der Waals surface area contributed by atoms with Gasteiger partial charge in [-0.25, -0.2) is 0 Å². The zero-order valence-electron chi connectivity index (χ0n) is 9.76. The molecule has 1 aromatic rings. The summed E-state index contributed by atoms with van der Waals surface area (Å²) in [6, 6.07) is 1.76. The van der Waals surface area contributed by atoms with Crippen molar-refractivity contribution >= 4 is 11.5 Å². The Morgan fingerprint density at radius 3 is 3.18 bits per heavy atom. The number of nitrogens with zero attached hydrogens (tertiary/aromatic N) is 2. The van der Waals surface area contributed by atoms with E-state index in [1.54, 1.807) is 18.5 Å². The average Bonchev–Trinajstić information content (AvgIpc) is 2.39. The molecular weight excluding hydrogens is 216 g/mol. The van der Waals surface area contributed by atoms with E-state index in [1.165, 1.54) is 0 Å². The van der Waals surface area contributed by atoms with Crippen molar-refractivity contribution in [3.8, 4) is 0 Å². The van der Waals surface area contributed by atoms with Gasteiger partial charge in [0, 0.05) is 31.5 Å². The van der Waals surface area contributed by atoms with Crippen LogP contribution in [0.25, 0.3) is 0 Å². The molecule has 0 aromatic carbocycles. The fraction of sp³-hybridized carbons (Fsp3) is 0.500. The standard InChI is InChI=1S/C12H18N4O/c13-12(14)10-3-4-15-6-11(10)16-5-1-2-9(7-16)8-17/h3-4,6,9,17H,1-2,5,7-8H2,(H3,13,14). The fourth-order valence-electron chi connectivity index (χ4n) is 2.30. The SMILES string of the molecule is N=C(N)c1ccncc1N1CCCC(CO)C1. The Kier molecular flexibility index (Phi) is 3.58. The zero-order chi connectivity index (χ0) is 12.3. The van der Waals surface area contributed by atoms with E-state index in [9.17, 15) is 5.11 Å². The van der Waals surface area contributed by atoms with E-state index in [0.29, 0.717) is 5.92 Å². The number of nitrogens with two attached hydrogens (primary N) is 1. The Labute approximate surface area is 101 Å².